The zero-order chi connectivity index (χ0) is 33.7. The van der Waals surface area contributed by atoms with E-state index in [2.05, 4.69) is 152 Å². The zero-order valence-corrected chi connectivity index (χ0v) is 28.3. The van der Waals surface area contributed by atoms with E-state index in [0.29, 0.717) is 17.5 Å². The monoisotopic (exact) mass is 667 g/mol. The Hall–Kier alpha value is -6.49. The van der Waals surface area contributed by atoms with Crippen molar-refractivity contribution in [3.63, 3.8) is 0 Å². The molecule has 0 spiro atoms. The molecule has 8 aromatic carbocycles. The van der Waals surface area contributed by atoms with E-state index in [9.17, 15) is 0 Å². The van der Waals surface area contributed by atoms with Crippen LogP contribution in [0.5, 0.6) is 0 Å². The molecule has 0 bridgehead atoms. The molecule has 0 radical (unpaired) electrons. The number of thiophene rings is 1. The summed E-state index contributed by atoms with van der Waals surface area (Å²) < 4.78 is 2.47. The third-order valence-electron chi connectivity index (χ3n) is 9.74. The first-order valence-electron chi connectivity index (χ1n) is 17.1. The quantitative estimate of drug-likeness (QED) is 0.183. The molecule has 0 aliphatic carbocycles. The molecule has 10 rings (SSSR count). The second-order valence-electron chi connectivity index (χ2n) is 12.8. The molecule has 0 atom stereocenters. The summed E-state index contributed by atoms with van der Waals surface area (Å²) in [6.45, 7) is 0. The summed E-state index contributed by atoms with van der Waals surface area (Å²) in [6.07, 6.45) is 0. The molecule has 238 valence electrons. The molecule has 0 aliphatic heterocycles. The average Bonchev–Trinajstić information content (AvgIpc) is 3.59. The lowest BCUT2D eigenvalue weighted by atomic mass is 9.95. The number of hydrogen-bond acceptors (Lipinski definition) is 4. The molecule has 0 saturated heterocycles. The number of hydrogen-bond donors (Lipinski definition) is 0. The van der Waals surface area contributed by atoms with Crippen molar-refractivity contribution in [2.45, 2.75) is 0 Å². The Morgan fingerprint density at radius 3 is 1.63 bits per heavy atom. The Kier molecular flexibility index (Phi) is 7.00. The predicted molar refractivity (Wildman–Crippen MR) is 215 cm³/mol. The molecule has 0 amide bonds. The lowest BCUT2D eigenvalue weighted by Crippen LogP contribution is -2.00. The molecule has 0 aliphatic rings. The van der Waals surface area contributed by atoms with Crippen LogP contribution in [-0.4, -0.2) is 15.0 Å². The molecule has 3 nitrogen and oxygen atoms in total. The molecule has 0 unspecified atom stereocenters. The minimum atomic E-state index is 0.652. The Balaban J connectivity index is 1.17. The average molecular weight is 668 g/mol. The molecule has 4 heteroatoms. The van der Waals surface area contributed by atoms with Gasteiger partial charge in [-0.2, -0.15) is 0 Å². The lowest BCUT2D eigenvalue weighted by molar-refractivity contribution is 1.08. The first kappa shape index (κ1) is 29.4. The highest BCUT2D eigenvalue weighted by Crippen LogP contribution is 2.44. The van der Waals surface area contributed by atoms with E-state index in [1.54, 1.807) is 0 Å². The smallest absolute Gasteiger partial charge is 0.164 e. The second kappa shape index (κ2) is 12.1. The molecule has 2 aromatic heterocycles. The van der Waals surface area contributed by atoms with Crippen LogP contribution in [0.25, 0.3) is 98.1 Å². The summed E-state index contributed by atoms with van der Waals surface area (Å²) in [6, 6.07) is 62.2. The lowest BCUT2D eigenvalue weighted by Gasteiger charge is -2.12. The highest BCUT2D eigenvalue weighted by molar-refractivity contribution is 7.26. The van der Waals surface area contributed by atoms with Gasteiger partial charge in [-0.15, -0.1) is 11.3 Å². The summed E-state index contributed by atoms with van der Waals surface area (Å²) in [4.78, 5) is 15.3. The Morgan fingerprint density at radius 1 is 0.314 bits per heavy atom. The van der Waals surface area contributed by atoms with Crippen molar-refractivity contribution in [1.82, 2.24) is 15.0 Å². The summed E-state index contributed by atoms with van der Waals surface area (Å²) in [5, 5.41) is 7.37. The van der Waals surface area contributed by atoms with Gasteiger partial charge in [-0.25, -0.2) is 15.0 Å². The largest absolute Gasteiger partial charge is 0.208 e. The van der Waals surface area contributed by atoms with Gasteiger partial charge in [0.1, 0.15) is 0 Å². The second-order valence-corrected chi connectivity index (χ2v) is 13.9. The van der Waals surface area contributed by atoms with Gasteiger partial charge in [0.25, 0.3) is 0 Å². The maximum Gasteiger partial charge on any atom is 0.164 e. The van der Waals surface area contributed by atoms with Crippen molar-refractivity contribution in [3.8, 4) is 56.4 Å². The summed E-state index contributed by atoms with van der Waals surface area (Å²) in [5.41, 5.74) is 7.71. The van der Waals surface area contributed by atoms with Gasteiger partial charge in [-0.1, -0.05) is 158 Å². The molecule has 0 fully saturated rings. The minimum absolute atomic E-state index is 0.652. The fourth-order valence-electron chi connectivity index (χ4n) is 7.25. The normalized spacial score (nSPS) is 11.5. The Labute approximate surface area is 299 Å². The summed E-state index contributed by atoms with van der Waals surface area (Å²) in [5.74, 6) is 1.97. The third-order valence-corrected chi connectivity index (χ3v) is 10.9. The number of rotatable bonds is 5. The van der Waals surface area contributed by atoms with Crippen molar-refractivity contribution in [1.29, 1.82) is 0 Å². The summed E-state index contributed by atoms with van der Waals surface area (Å²) >= 11 is 1.82. The van der Waals surface area contributed by atoms with Gasteiger partial charge in [0.05, 0.1) is 0 Å². The van der Waals surface area contributed by atoms with Crippen molar-refractivity contribution < 1.29 is 0 Å². The number of nitrogens with zero attached hydrogens (tertiary/aromatic N) is 3. The van der Waals surface area contributed by atoms with Gasteiger partial charge in [-0.05, 0) is 62.0 Å². The van der Waals surface area contributed by atoms with Crippen molar-refractivity contribution in [2.75, 3.05) is 0 Å². The van der Waals surface area contributed by atoms with Crippen LogP contribution in [-0.2, 0) is 0 Å². The van der Waals surface area contributed by atoms with Crippen LogP contribution in [0.4, 0.5) is 0 Å². The molecule has 2 heterocycles. The van der Waals surface area contributed by atoms with Crippen molar-refractivity contribution >= 4 is 53.1 Å². The van der Waals surface area contributed by atoms with Crippen LogP contribution in [0.1, 0.15) is 0 Å². The van der Waals surface area contributed by atoms with Crippen LogP contribution >= 0.6 is 11.3 Å². The minimum Gasteiger partial charge on any atom is -0.208 e. The van der Waals surface area contributed by atoms with Gasteiger partial charge in [0, 0.05) is 36.9 Å². The van der Waals surface area contributed by atoms with Crippen molar-refractivity contribution in [3.05, 3.63) is 176 Å². The highest BCUT2D eigenvalue weighted by Gasteiger charge is 2.19. The Morgan fingerprint density at radius 2 is 0.863 bits per heavy atom. The Bertz CT molecular complexity index is 2890. The molecule has 0 saturated carbocycles. The van der Waals surface area contributed by atoms with Gasteiger partial charge in [0.2, 0.25) is 0 Å². The van der Waals surface area contributed by atoms with Crippen LogP contribution in [0, 0.1) is 0 Å². The van der Waals surface area contributed by atoms with Crippen LogP contribution in [0.3, 0.4) is 0 Å². The maximum absolute atomic E-state index is 5.18. The van der Waals surface area contributed by atoms with Crippen LogP contribution in [0.15, 0.2) is 176 Å². The number of aromatic nitrogens is 3. The fraction of sp³-hybridized carbons (Fsp3) is 0. The molecule has 10 aromatic rings. The van der Waals surface area contributed by atoms with Crippen LogP contribution in [0.2, 0.25) is 0 Å². The van der Waals surface area contributed by atoms with Crippen molar-refractivity contribution in [2.24, 2.45) is 0 Å². The van der Waals surface area contributed by atoms with Gasteiger partial charge >= 0.3 is 0 Å². The zero-order valence-electron chi connectivity index (χ0n) is 27.5. The van der Waals surface area contributed by atoms with E-state index in [1.807, 2.05) is 35.6 Å². The fourth-order valence-corrected chi connectivity index (χ4v) is 8.40. The molecular weight excluding hydrogens is 639 g/mol. The van der Waals surface area contributed by atoms with E-state index in [4.69, 9.17) is 15.0 Å². The standard InChI is InChI=1S/C47H29N3S/c1-3-12-30(13-4-1)31-22-24-34(25-23-31)46-48-45(33-15-5-2-6-16-33)49-47(50-46)40-29-43-44(39-20-10-9-19-38(39)40)41-28-35(26-27-42(41)51-43)37-21-11-17-32-14-7-8-18-36(32)37/h1-29H. The third kappa shape index (κ3) is 5.16. The van der Waals surface area contributed by atoms with Gasteiger partial charge < -0.3 is 0 Å². The maximum atomic E-state index is 5.18. The van der Waals surface area contributed by atoms with E-state index in [0.717, 1.165) is 27.6 Å². The van der Waals surface area contributed by atoms with E-state index < -0.39 is 0 Å². The topological polar surface area (TPSA) is 38.7 Å². The van der Waals surface area contributed by atoms with E-state index >= 15 is 0 Å². The number of benzene rings is 8. The predicted octanol–water partition coefficient (Wildman–Crippen LogP) is 12.9. The SMILES string of the molecule is c1ccc(-c2ccc(-c3nc(-c4ccccc4)nc(-c4cc5sc6ccc(-c7cccc8ccccc78)cc6c5c5ccccc45)n3)cc2)cc1. The highest BCUT2D eigenvalue weighted by atomic mass is 32.1. The van der Waals surface area contributed by atoms with Crippen LogP contribution < -0.4 is 0 Å². The first-order chi connectivity index (χ1) is 25.3. The number of fused-ring (bicyclic) bond motifs is 6. The first-order valence-corrected chi connectivity index (χ1v) is 17.9. The van der Waals surface area contributed by atoms with Gasteiger partial charge in [-0.3, -0.25) is 0 Å². The van der Waals surface area contributed by atoms with E-state index in [-0.39, 0.29) is 0 Å². The molecule has 51 heavy (non-hydrogen) atoms. The van der Waals surface area contributed by atoms with Gasteiger partial charge in [0.15, 0.2) is 17.5 Å². The molecular formula is C47H29N3S. The molecule has 0 N–H and O–H groups in total. The van der Waals surface area contributed by atoms with E-state index in [1.165, 1.54) is 53.0 Å². The summed E-state index contributed by atoms with van der Waals surface area (Å²) in [7, 11) is 0.